The Morgan fingerprint density at radius 1 is 0.724 bits per heavy atom. The number of rotatable bonds is 8. The van der Waals surface area contributed by atoms with E-state index < -0.39 is 57.2 Å². The van der Waals surface area contributed by atoms with Crippen molar-refractivity contribution in [1.29, 1.82) is 0 Å². The normalized spacial score (nSPS) is 15.5. The molecule has 0 atom stereocenters. The summed E-state index contributed by atoms with van der Waals surface area (Å²) in [4.78, 5) is 36.7. The van der Waals surface area contributed by atoms with Crippen molar-refractivity contribution >= 4 is 79.6 Å². The summed E-state index contributed by atoms with van der Waals surface area (Å²) in [5.74, 6) is -2.00. The lowest BCUT2D eigenvalue weighted by Gasteiger charge is -2.34. The molecule has 2 saturated heterocycles. The summed E-state index contributed by atoms with van der Waals surface area (Å²) in [5, 5.41) is 1.43. The number of guanidine groups is 1. The molecule has 0 unspecified atom stereocenters. The largest absolute Gasteiger partial charge is 0.518 e. The molecular formula is C37H56Cl2F3N9O6S. The van der Waals surface area contributed by atoms with Crippen LogP contribution in [0.15, 0.2) is 45.8 Å². The third-order valence-corrected chi connectivity index (χ3v) is 9.62. The number of carbonyl (C=O) groups excluding carboxylic acids is 2. The Balaban J connectivity index is 0.000000310. The molecule has 0 amide bonds. The second-order valence-corrected chi connectivity index (χ2v) is 18.0. The van der Waals surface area contributed by atoms with Crippen molar-refractivity contribution in [3.05, 3.63) is 46.4 Å². The van der Waals surface area contributed by atoms with E-state index in [0.717, 1.165) is 74.4 Å². The van der Waals surface area contributed by atoms with Gasteiger partial charge in [0, 0.05) is 58.0 Å². The van der Waals surface area contributed by atoms with E-state index in [0.29, 0.717) is 10.7 Å². The molecule has 2 aromatic rings. The smallest absolute Gasteiger partial charge is 0.460 e. The van der Waals surface area contributed by atoms with Crippen molar-refractivity contribution in [2.45, 2.75) is 71.1 Å². The van der Waals surface area contributed by atoms with Gasteiger partial charge in [0.05, 0.1) is 45.7 Å². The summed E-state index contributed by atoms with van der Waals surface area (Å²) in [6.45, 7) is 17.4. The van der Waals surface area contributed by atoms with Crippen LogP contribution in [0.2, 0.25) is 10.0 Å². The Morgan fingerprint density at radius 3 is 1.47 bits per heavy atom. The number of alkyl halides is 3. The summed E-state index contributed by atoms with van der Waals surface area (Å²) in [6.07, 6.45) is -1.79. The van der Waals surface area contributed by atoms with Crippen molar-refractivity contribution in [3.8, 4) is 0 Å². The van der Waals surface area contributed by atoms with Crippen LogP contribution in [0, 0.1) is 0 Å². The zero-order valence-corrected chi connectivity index (χ0v) is 36.5. The van der Waals surface area contributed by atoms with Gasteiger partial charge >= 0.3 is 27.5 Å². The molecule has 2 fully saturated rings. The monoisotopic (exact) mass is 881 g/mol. The maximum atomic E-state index is 12.5. The van der Waals surface area contributed by atoms with Crippen LogP contribution >= 0.6 is 23.2 Å². The zero-order chi connectivity index (χ0) is 44.2. The fourth-order valence-corrected chi connectivity index (χ4v) is 6.46. The molecule has 0 radical (unpaired) electrons. The maximum absolute atomic E-state index is 12.5. The molecule has 58 heavy (non-hydrogen) atoms. The average molecular weight is 883 g/mol. The van der Waals surface area contributed by atoms with Crippen molar-refractivity contribution in [2.24, 2.45) is 20.9 Å². The Kier molecular flexibility index (Phi) is 18.4. The van der Waals surface area contributed by atoms with Gasteiger partial charge in [0.15, 0.2) is 5.96 Å². The number of carbonyl (C=O) groups is 2. The van der Waals surface area contributed by atoms with Gasteiger partial charge < -0.3 is 46.3 Å². The lowest BCUT2D eigenvalue weighted by Crippen LogP contribution is -2.44. The molecule has 2 aliphatic heterocycles. The number of nitrogen functional groups attached to an aromatic ring is 1. The standard InChI is InChI=1S/C14H22F3NO6S.C12H18ClN5.C11H16ClN3/c1-12(2,3)23-10(19)7-9(8-11(20)24-13(4,5)6)18-25(21,22)14(15,16)17;1-17-4-6-18(7-5-17)11-3-2-9(8-10(11)13)16-12(14)15;1-14-4-6-15(7-5-14)11-3-2-9(13)8-10(11)12/h7-8H2,1-6H3;2-3,8H,4-7H2,1H3,(H4,14,15,16);2-3,8H,4-7,13H2,1H3. The Morgan fingerprint density at radius 2 is 1.12 bits per heavy atom. The van der Waals surface area contributed by atoms with E-state index in [1.165, 1.54) is 41.5 Å². The third-order valence-electron chi connectivity index (χ3n) is 7.93. The zero-order valence-electron chi connectivity index (χ0n) is 34.2. The SMILES string of the molecule is CC(C)(C)OC(=O)CC(CC(=O)OC(C)(C)C)=NS(=O)(=O)C(F)(F)F.CN1CCN(c2ccc(N)cc2Cl)CC1.CN1CCN(c2ccc(N=C(N)N)cc2Cl)CC1. The van der Waals surface area contributed by atoms with Gasteiger partial charge in [0.25, 0.3) is 0 Å². The van der Waals surface area contributed by atoms with Gasteiger partial charge in [-0.1, -0.05) is 23.2 Å². The molecule has 0 bridgehead atoms. The van der Waals surface area contributed by atoms with Crippen LogP contribution < -0.4 is 27.0 Å². The third kappa shape index (κ3) is 18.3. The number of ether oxygens (including phenoxy) is 2. The molecule has 0 aromatic heterocycles. The number of aliphatic imine (C=N–C) groups is 1. The maximum Gasteiger partial charge on any atom is 0.518 e. The van der Waals surface area contributed by atoms with Gasteiger partial charge in [0.2, 0.25) is 0 Å². The fraction of sp³-hybridized carbons (Fsp3) is 0.568. The van der Waals surface area contributed by atoms with Crippen LogP contribution in [-0.4, -0.2) is 125 Å². The van der Waals surface area contributed by atoms with E-state index in [1.54, 1.807) is 6.07 Å². The summed E-state index contributed by atoms with van der Waals surface area (Å²) in [7, 11) is -1.64. The number of hydrogen-bond acceptors (Lipinski definition) is 12. The van der Waals surface area contributed by atoms with Crippen molar-refractivity contribution in [1.82, 2.24) is 9.80 Å². The van der Waals surface area contributed by atoms with Crippen LogP contribution in [0.4, 0.5) is 35.9 Å². The molecule has 2 aliphatic rings. The number of hydrogen-bond donors (Lipinski definition) is 3. The van der Waals surface area contributed by atoms with Gasteiger partial charge in [-0.25, -0.2) is 4.99 Å². The molecule has 326 valence electrons. The van der Waals surface area contributed by atoms with Gasteiger partial charge in [-0.05, 0) is 92.0 Å². The number of sulfonamides is 1. The number of likely N-dealkylation sites (N-methyl/N-ethyl adjacent to an activating group) is 2. The first-order chi connectivity index (χ1) is 26.5. The molecule has 6 N–H and O–H groups in total. The van der Waals surface area contributed by atoms with Gasteiger partial charge in [-0.3, -0.25) is 9.59 Å². The minimum Gasteiger partial charge on any atom is -0.460 e. The van der Waals surface area contributed by atoms with Gasteiger partial charge in [-0.15, -0.1) is 0 Å². The molecular weight excluding hydrogens is 826 g/mol. The number of piperazine rings is 2. The molecule has 0 spiro atoms. The topological polar surface area (TPSA) is 202 Å². The number of benzene rings is 2. The highest BCUT2D eigenvalue weighted by molar-refractivity contribution is 7.91. The van der Waals surface area contributed by atoms with Crippen molar-refractivity contribution in [2.75, 3.05) is 82.0 Å². The fourth-order valence-electron chi connectivity index (χ4n) is 5.28. The molecule has 2 aromatic carbocycles. The van der Waals surface area contributed by atoms with Crippen LogP contribution in [0.5, 0.6) is 0 Å². The minimum atomic E-state index is -5.90. The number of anilines is 3. The molecule has 0 aliphatic carbocycles. The lowest BCUT2D eigenvalue weighted by atomic mass is 10.1. The highest BCUT2D eigenvalue weighted by Gasteiger charge is 2.46. The van der Waals surface area contributed by atoms with Crippen molar-refractivity contribution < 1.29 is 40.7 Å². The first-order valence-electron chi connectivity index (χ1n) is 18.2. The van der Waals surface area contributed by atoms with E-state index in [9.17, 15) is 31.2 Å². The Hall–Kier alpha value is -4.04. The highest BCUT2D eigenvalue weighted by Crippen LogP contribution is 2.31. The van der Waals surface area contributed by atoms with Crippen LogP contribution in [0.3, 0.4) is 0 Å². The van der Waals surface area contributed by atoms with Gasteiger partial charge in [-0.2, -0.15) is 26.0 Å². The second kappa shape index (κ2) is 21.3. The average Bonchev–Trinajstić information content (AvgIpc) is 3.04. The highest BCUT2D eigenvalue weighted by atomic mass is 35.5. The van der Waals surface area contributed by atoms with Crippen LogP contribution in [-0.2, 0) is 29.1 Å². The molecule has 4 rings (SSSR count). The quantitative estimate of drug-likeness (QED) is 0.132. The molecule has 15 nitrogen and oxygen atoms in total. The van der Waals surface area contributed by atoms with E-state index in [2.05, 4.69) is 43.1 Å². The van der Waals surface area contributed by atoms with E-state index in [-0.39, 0.29) is 5.96 Å². The van der Waals surface area contributed by atoms with Crippen LogP contribution in [0.25, 0.3) is 0 Å². The first kappa shape index (κ1) is 50.1. The molecule has 2 heterocycles. The number of halogens is 5. The summed E-state index contributed by atoms with van der Waals surface area (Å²) in [5.41, 5.74) is 11.5. The Bertz CT molecular complexity index is 1840. The Labute approximate surface area is 349 Å². The van der Waals surface area contributed by atoms with Crippen molar-refractivity contribution in [3.63, 3.8) is 0 Å². The van der Waals surface area contributed by atoms with Gasteiger partial charge in [0.1, 0.15) is 11.2 Å². The number of nitrogens with two attached hydrogens (primary N) is 3. The second-order valence-electron chi connectivity index (χ2n) is 15.6. The first-order valence-corrected chi connectivity index (χ1v) is 20.4. The molecule has 0 saturated carbocycles. The van der Waals surface area contributed by atoms with E-state index in [1.807, 2.05) is 30.3 Å². The molecule has 21 heteroatoms. The predicted octanol–water partition coefficient (Wildman–Crippen LogP) is 5.41. The van der Waals surface area contributed by atoms with E-state index in [4.69, 9.17) is 49.9 Å². The van der Waals surface area contributed by atoms with Crippen LogP contribution in [0.1, 0.15) is 54.4 Å². The lowest BCUT2D eigenvalue weighted by molar-refractivity contribution is -0.153. The predicted molar refractivity (Wildman–Crippen MR) is 226 cm³/mol. The van der Waals surface area contributed by atoms with E-state index >= 15 is 0 Å². The summed E-state index contributed by atoms with van der Waals surface area (Å²) >= 11 is 12.4. The summed E-state index contributed by atoms with van der Waals surface area (Å²) < 4.78 is 72.2. The number of nitrogens with zero attached hydrogens (tertiary/aromatic N) is 6. The minimum absolute atomic E-state index is 0.0402. The number of esters is 2. The summed E-state index contributed by atoms with van der Waals surface area (Å²) in [6, 6.07) is 11.3.